The summed E-state index contributed by atoms with van der Waals surface area (Å²) in [6.07, 6.45) is 0.251. The Labute approximate surface area is 162 Å². The predicted molar refractivity (Wildman–Crippen MR) is 111 cm³/mol. The molecule has 3 rings (SSSR count). The van der Waals surface area contributed by atoms with Gasteiger partial charge in [0.2, 0.25) is 0 Å². The first-order valence-corrected chi connectivity index (χ1v) is 11.5. The van der Waals surface area contributed by atoms with E-state index in [1.54, 1.807) is 0 Å². The zero-order chi connectivity index (χ0) is 19.5. The van der Waals surface area contributed by atoms with Gasteiger partial charge in [-0.05, 0) is 28.4 Å². The average Bonchev–Trinajstić information content (AvgIpc) is 2.66. The Hall–Kier alpha value is -1.95. The van der Waals surface area contributed by atoms with Crippen molar-refractivity contribution in [2.45, 2.75) is 38.3 Å². The molecule has 27 heavy (non-hydrogen) atoms. The van der Waals surface area contributed by atoms with Crippen molar-refractivity contribution in [1.29, 1.82) is 0 Å². The summed E-state index contributed by atoms with van der Waals surface area (Å²) in [4.78, 5) is 11.9. The SMILES string of the molecule is CC(C)(C)[Si](OC1CNCCC1C(=O)O)(c1ccccc1)c1ccccc1. The zero-order valence-corrected chi connectivity index (χ0v) is 17.3. The van der Waals surface area contributed by atoms with Crippen LogP contribution in [0, 0.1) is 5.92 Å². The summed E-state index contributed by atoms with van der Waals surface area (Å²) in [5.74, 6) is -1.24. The topological polar surface area (TPSA) is 58.6 Å². The lowest BCUT2D eigenvalue weighted by Crippen LogP contribution is -2.69. The molecule has 0 radical (unpaired) electrons. The Kier molecular flexibility index (Phi) is 5.84. The lowest BCUT2D eigenvalue weighted by molar-refractivity contribution is -0.146. The maximum Gasteiger partial charge on any atom is 0.309 e. The first-order valence-electron chi connectivity index (χ1n) is 9.58. The summed E-state index contributed by atoms with van der Waals surface area (Å²) >= 11 is 0. The summed E-state index contributed by atoms with van der Waals surface area (Å²) < 4.78 is 6.99. The highest BCUT2D eigenvalue weighted by molar-refractivity contribution is 6.99. The van der Waals surface area contributed by atoms with Crippen LogP contribution in [0.15, 0.2) is 60.7 Å². The number of carbonyl (C=O) groups is 1. The minimum Gasteiger partial charge on any atom is -0.481 e. The van der Waals surface area contributed by atoms with Crippen LogP contribution < -0.4 is 15.7 Å². The molecular formula is C22H29NO3Si. The van der Waals surface area contributed by atoms with E-state index in [0.717, 1.165) is 6.54 Å². The second-order valence-electron chi connectivity index (χ2n) is 8.26. The van der Waals surface area contributed by atoms with Crippen molar-refractivity contribution in [3.8, 4) is 0 Å². The molecule has 1 aliphatic heterocycles. The van der Waals surface area contributed by atoms with Gasteiger partial charge in [0.1, 0.15) is 0 Å². The highest BCUT2D eigenvalue weighted by Gasteiger charge is 2.52. The summed E-state index contributed by atoms with van der Waals surface area (Å²) in [6.45, 7) is 7.93. The van der Waals surface area contributed by atoms with E-state index in [0.29, 0.717) is 13.0 Å². The van der Waals surface area contributed by atoms with Crippen LogP contribution in [0.3, 0.4) is 0 Å². The van der Waals surface area contributed by atoms with Gasteiger partial charge in [0.15, 0.2) is 0 Å². The first-order chi connectivity index (χ1) is 12.9. The quantitative estimate of drug-likeness (QED) is 0.780. The fraction of sp³-hybridized carbons (Fsp3) is 0.409. The third-order valence-corrected chi connectivity index (χ3v) is 10.6. The van der Waals surface area contributed by atoms with Crippen LogP contribution >= 0.6 is 0 Å². The number of nitrogens with one attached hydrogen (secondary N) is 1. The number of aliphatic carboxylic acids is 1. The summed E-state index contributed by atoms with van der Waals surface area (Å²) in [5, 5.41) is 15.3. The summed E-state index contributed by atoms with van der Waals surface area (Å²) in [7, 11) is -2.73. The second-order valence-corrected chi connectivity index (χ2v) is 12.5. The molecule has 4 nitrogen and oxygen atoms in total. The molecule has 1 heterocycles. The minimum absolute atomic E-state index is 0.157. The summed E-state index contributed by atoms with van der Waals surface area (Å²) in [6, 6.07) is 20.7. The van der Waals surface area contributed by atoms with Gasteiger partial charge in [-0.2, -0.15) is 0 Å². The van der Waals surface area contributed by atoms with E-state index in [-0.39, 0.29) is 11.1 Å². The Balaban J connectivity index is 2.16. The lowest BCUT2D eigenvalue weighted by Gasteiger charge is -2.47. The van der Waals surface area contributed by atoms with Crippen molar-refractivity contribution in [3.05, 3.63) is 60.7 Å². The second kappa shape index (κ2) is 7.96. The average molecular weight is 384 g/mol. The van der Waals surface area contributed by atoms with Crippen LogP contribution in [0.1, 0.15) is 27.2 Å². The third-order valence-electron chi connectivity index (χ3n) is 5.49. The molecule has 5 heteroatoms. The van der Waals surface area contributed by atoms with Crippen molar-refractivity contribution in [1.82, 2.24) is 5.32 Å². The van der Waals surface area contributed by atoms with Crippen molar-refractivity contribution >= 4 is 24.7 Å². The van der Waals surface area contributed by atoms with Gasteiger partial charge in [-0.3, -0.25) is 4.79 Å². The Bertz CT molecular complexity index is 719. The number of carboxylic acid groups (broad SMARTS) is 1. The molecule has 2 aromatic rings. The maximum absolute atomic E-state index is 11.9. The fourth-order valence-corrected chi connectivity index (χ4v) is 8.87. The molecule has 0 spiro atoms. The van der Waals surface area contributed by atoms with Gasteiger partial charge in [-0.15, -0.1) is 0 Å². The van der Waals surface area contributed by atoms with Crippen LogP contribution in [0.2, 0.25) is 5.04 Å². The van der Waals surface area contributed by atoms with Crippen molar-refractivity contribution in [3.63, 3.8) is 0 Å². The van der Waals surface area contributed by atoms with E-state index in [4.69, 9.17) is 4.43 Å². The van der Waals surface area contributed by atoms with E-state index in [9.17, 15) is 9.90 Å². The van der Waals surface area contributed by atoms with E-state index in [1.807, 2.05) is 36.4 Å². The van der Waals surface area contributed by atoms with Gasteiger partial charge in [0.25, 0.3) is 8.32 Å². The highest BCUT2D eigenvalue weighted by atomic mass is 28.4. The molecule has 1 saturated heterocycles. The van der Waals surface area contributed by atoms with Gasteiger partial charge < -0.3 is 14.8 Å². The van der Waals surface area contributed by atoms with Crippen LogP contribution in [0.5, 0.6) is 0 Å². The highest BCUT2D eigenvalue weighted by Crippen LogP contribution is 2.38. The molecule has 1 fully saturated rings. The van der Waals surface area contributed by atoms with E-state index in [1.165, 1.54) is 10.4 Å². The van der Waals surface area contributed by atoms with Crippen molar-refractivity contribution in [2.75, 3.05) is 13.1 Å². The molecule has 2 N–H and O–H groups in total. The molecule has 2 unspecified atom stereocenters. The van der Waals surface area contributed by atoms with Crippen LogP contribution in [0.4, 0.5) is 0 Å². The summed E-state index contributed by atoms with van der Waals surface area (Å²) in [5.41, 5.74) is 0. The van der Waals surface area contributed by atoms with Crippen molar-refractivity contribution < 1.29 is 14.3 Å². The molecule has 0 aromatic heterocycles. The fourth-order valence-electron chi connectivity index (χ4n) is 4.15. The molecule has 2 aromatic carbocycles. The van der Waals surface area contributed by atoms with Crippen molar-refractivity contribution in [2.24, 2.45) is 5.92 Å². The maximum atomic E-state index is 11.9. The predicted octanol–water partition coefficient (Wildman–Crippen LogP) is 2.63. The van der Waals surface area contributed by atoms with Crippen LogP contribution in [-0.2, 0) is 9.22 Å². The van der Waals surface area contributed by atoms with Gasteiger partial charge in [-0.25, -0.2) is 0 Å². The lowest BCUT2D eigenvalue weighted by atomic mass is 9.95. The molecule has 0 saturated carbocycles. The first kappa shape index (κ1) is 19.8. The number of carboxylic acids is 1. The third kappa shape index (κ3) is 3.86. The van der Waals surface area contributed by atoms with Gasteiger partial charge in [-0.1, -0.05) is 81.4 Å². The number of rotatable bonds is 5. The van der Waals surface area contributed by atoms with E-state index in [2.05, 4.69) is 50.4 Å². The minimum atomic E-state index is -2.73. The molecule has 0 aliphatic carbocycles. The molecular weight excluding hydrogens is 354 g/mol. The monoisotopic (exact) mass is 383 g/mol. The van der Waals surface area contributed by atoms with Crippen LogP contribution in [-0.4, -0.2) is 38.6 Å². The molecule has 0 bridgehead atoms. The van der Waals surface area contributed by atoms with Gasteiger partial charge in [0.05, 0.1) is 12.0 Å². The van der Waals surface area contributed by atoms with Gasteiger partial charge in [0, 0.05) is 6.54 Å². The van der Waals surface area contributed by atoms with E-state index < -0.39 is 20.2 Å². The van der Waals surface area contributed by atoms with E-state index >= 15 is 0 Å². The molecule has 2 atom stereocenters. The Morgan fingerprint density at radius 2 is 1.56 bits per heavy atom. The number of piperidine rings is 1. The Morgan fingerprint density at radius 1 is 1.04 bits per heavy atom. The number of hydrogen-bond donors (Lipinski definition) is 2. The molecule has 0 amide bonds. The van der Waals surface area contributed by atoms with Gasteiger partial charge >= 0.3 is 5.97 Å². The van der Waals surface area contributed by atoms with Crippen LogP contribution in [0.25, 0.3) is 0 Å². The Morgan fingerprint density at radius 3 is 2.00 bits per heavy atom. The zero-order valence-electron chi connectivity index (χ0n) is 16.3. The number of hydrogen-bond acceptors (Lipinski definition) is 3. The molecule has 144 valence electrons. The number of benzene rings is 2. The molecule has 1 aliphatic rings. The largest absolute Gasteiger partial charge is 0.481 e. The smallest absolute Gasteiger partial charge is 0.309 e. The standard InChI is InChI=1S/C22H29NO3Si/c1-22(2,3)27(17-10-6-4-7-11-17,18-12-8-5-9-13-18)26-20-16-23-15-14-19(20)21(24)25/h4-13,19-20,23H,14-16H2,1-3H3,(H,24,25). The normalized spacial score (nSPS) is 21.0.